The van der Waals surface area contributed by atoms with Crippen molar-refractivity contribution in [1.82, 2.24) is 0 Å². The lowest BCUT2D eigenvalue weighted by Gasteiger charge is -2.56. The first kappa shape index (κ1) is 13.1. The van der Waals surface area contributed by atoms with Crippen LogP contribution in [-0.4, -0.2) is 22.2 Å². The molecule has 0 radical (unpaired) electrons. The van der Waals surface area contributed by atoms with Crippen molar-refractivity contribution in [3.63, 3.8) is 0 Å². The van der Waals surface area contributed by atoms with Crippen molar-refractivity contribution in [2.75, 3.05) is 0 Å². The molecule has 2 N–H and O–H groups in total. The Balaban J connectivity index is 2.60. The minimum absolute atomic E-state index is 0.126. The summed E-state index contributed by atoms with van der Waals surface area (Å²) in [7, 11) is 0. The minimum Gasteiger partial charge on any atom is -0.481 e. The number of hydrogen-bond donors (Lipinski definition) is 2. The molecule has 2 bridgehead atoms. The molecule has 0 saturated heterocycles. The van der Waals surface area contributed by atoms with E-state index in [4.69, 9.17) is 0 Å². The van der Waals surface area contributed by atoms with Crippen LogP contribution in [0.15, 0.2) is 12.2 Å². The molecule has 3 aliphatic rings. The van der Waals surface area contributed by atoms with Crippen molar-refractivity contribution >= 4 is 11.9 Å². The van der Waals surface area contributed by atoms with E-state index in [-0.39, 0.29) is 5.92 Å². The smallest absolute Gasteiger partial charge is 0.308 e. The van der Waals surface area contributed by atoms with Crippen LogP contribution in [0.1, 0.15) is 33.6 Å². The second kappa shape index (κ2) is 3.84. The Morgan fingerprint density at radius 3 is 2.00 bits per heavy atom. The van der Waals surface area contributed by atoms with Gasteiger partial charge in [0.15, 0.2) is 0 Å². The summed E-state index contributed by atoms with van der Waals surface area (Å²) < 4.78 is 0. The second-order valence-corrected chi connectivity index (χ2v) is 6.24. The van der Waals surface area contributed by atoms with E-state index in [9.17, 15) is 19.8 Å². The van der Waals surface area contributed by atoms with Crippen molar-refractivity contribution in [3.05, 3.63) is 12.2 Å². The molecule has 0 spiro atoms. The van der Waals surface area contributed by atoms with Gasteiger partial charge in [0.2, 0.25) is 0 Å². The number of aliphatic carboxylic acids is 2. The third-order valence-corrected chi connectivity index (χ3v) is 5.10. The predicted octanol–water partition coefficient (Wildman–Crippen LogP) is 2.40. The van der Waals surface area contributed by atoms with Gasteiger partial charge < -0.3 is 10.2 Å². The molecule has 3 rings (SSSR count). The highest BCUT2D eigenvalue weighted by atomic mass is 16.4. The van der Waals surface area contributed by atoms with Crippen LogP contribution in [0.4, 0.5) is 0 Å². The fraction of sp³-hybridized carbons (Fsp3) is 0.714. The number of rotatable bonds is 3. The molecule has 0 unspecified atom stereocenters. The number of fused-ring (bicyclic) bond motifs is 2. The van der Waals surface area contributed by atoms with Crippen molar-refractivity contribution in [2.45, 2.75) is 33.6 Å². The van der Waals surface area contributed by atoms with Gasteiger partial charge in [0.25, 0.3) is 0 Å². The number of hydrogen-bond acceptors (Lipinski definition) is 2. The van der Waals surface area contributed by atoms with E-state index in [2.05, 4.69) is 0 Å². The third kappa shape index (κ3) is 1.51. The van der Waals surface area contributed by atoms with E-state index in [1.165, 1.54) is 0 Å². The van der Waals surface area contributed by atoms with Gasteiger partial charge in [-0.2, -0.15) is 0 Å². The summed E-state index contributed by atoms with van der Waals surface area (Å²) in [5, 5.41) is 19.0. The molecular formula is C14H20O4. The highest BCUT2D eigenvalue weighted by Gasteiger charge is 2.61. The van der Waals surface area contributed by atoms with Crippen LogP contribution in [0.5, 0.6) is 0 Å². The molecule has 100 valence electrons. The zero-order valence-corrected chi connectivity index (χ0v) is 11.0. The van der Waals surface area contributed by atoms with Crippen LogP contribution >= 0.6 is 0 Å². The Bertz CT molecular complexity index is 426. The molecular weight excluding hydrogens is 232 g/mol. The third-order valence-electron chi connectivity index (χ3n) is 5.10. The maximum absolute atomic E-state index is 11.6. The number of allylic oxidation sites excluding steroid dienone is 2. The SMILES string of the molecule is CC(C)[C@@]12C=C[C@@](C)(CC1)[C@@H](C(=O)O)[C@@H]2C(=O)O. The van der Waals surface area contributed by atoms with Crippen molar-refractivity contribution in [2.24, 2.45) is 28.6 Å². The van der Waals surface area contributed by atoms with Gasteiger partial charge in [0.1, 0.15) is 0 Å². The molecule has 0 aromatic heterocycles. The summed E-state index contributed by atoms with van der Waals surface area (Å²) in [6.07, 6.45) is 5.43. The number of carboxylic acids is 2. The zero-order chi connectivity index (χ0) is 13.7. The first-order valence-corrected chi connectivity index (χ1v) is 6.40. The minimum atomic E-state index is -0.987. The van der Waals surface area contributed by atoms with Crippen LogP contribution in [0.3, 0.4) is 0 Å². The molecule has 0 amide bonds. The molecule has 0 heterocycles. The highest BCUT2D eigenvalue weighted by Crippen LogP contribution is 2.61. The molecule has 4 nitrogen and oxygen atoms in total. The Hall–Kier alpha value is -1.32. The average Bonchev–Trinajstić information content (AvgIpc) is 2.27. The van der Waals surface area contributed by atoms with Gasteiger partial charge in [-0.25, -0.2) is 0 Å². The molecule has 0 aromatic rings. The van der Waals surface area contributed by atoms with E-state index < -0.39 is 34.6 Å². The standard InChI is InChI=1S/C14H20O4/c1-8(2)14-6-4-13(3,5-7-14)9(11(15)16)10(14)12(17)18/h4,6,8-10H,5,7H2,1-3H3,(H,15,16)(H,17,18)/t9-,10-,13+,14-/m1/s1. The fourth-order valence-corrected chi connectivity index (χ4v) is 3.84. The number of carboxylic acid groups (broad SMARTS) is 2. The maximum atomic E-state index is 11.6. The Morgan fingerprint density at radius 2 is 1.67 bits per heavy atom. The predicted molar refractivity (Wildman–Crippen MR) is 66.0 cm³/mol. The van der Waals surface area contributed by atoms with Crippen LogP contribution < -0.4 is 0 Å². The second-order valence-electron chi connectivity index (χ2n) is 6.24. The average molecular weight is 252 g/mol. The molecule has 1 fully saturated rings. The fourth-order valence-electron chi connectivity index (χ4n) is 3.84. The van der Waals surface area contributed by atoms with Gasteiger partial charge in [-0.1, -0.05) is 32.9 Å². The van der Waals surface area contributed by atoms with E-state index in [1.54, 1.807) is 0 Å². The van der Waals surface area contributed by atoms with E-state index >= 15 is 0 Å². The van der Waals surface area contributed by atoms with Gasteiger partial charge in [-0.15, -0.1) is 0 Å². The van der Waals surface area contributed by atoms with E-state index in [0.29, 0.717) is 0 Å². The molecule has 4 atom stereocenters. The van der Waals surface area contributed by atoms with Crippen LogP contribution in [0.25, 0.3) is 0 Å². The van der Waals surface area contributed by atoms with Crippen LogP contribution in [0.2, 0.25) is 0 Å². The first-order chi connectivity index (χ1) is 8.24. The molecule has 3 aliphatic carbocycles. The molecule has 1 saturated carbocycles. The molecule has 4 heteroatoms. The quantitative estimate of drug-likeness (QED) is 0.756. The van der Waals surface area contributed by atoms with Crippen LogP contribution in [-0.2, 0) is 9.59 Å². The van der Waals surface area contributed by atoms with Crippen molar-refractivity contribution < 1.29 is 19.8 Å². The van der Waals surface area contributed by atoms with Gasteiger partial charge in [-0.3, -0.25) is 9.59 Å². The summed E-state index contributed by atoms with van der Waals surface area (Å²) in [5.74, 6) is -3.48. The van der Waals surface area contributed by atoms with Crippen LogP contribution in [0, 0.1) is 28.6 Å². The molecule has 18 heavy (non-hydrogen) atoms. The Labute approximate surface area is 107 Å². The largest absolute Gasteiger partial charge is 0.481 e. The topological polar surface area (TPSA) is 74.6 Å². The monoisotopic (exact) mass is 252 g/mol. The van der Waals surface area contributed by atoms with E-state index in [1.807, 2.05) is 32.9 Å². The van der Waals surface area contributed by atoms with Gasteiger partial charge in [0, 0.05) is 5.41 Å². The summed E-state index contributed by atoms with van der Waals surface area (Å²) in [6.45, 7) is 5.82. The summed E-state index contributed by atoms with van der Waals surface area (Å²) in [5.41, 5.74) is -1.03. The lowest BCUT2D eigenvalue weighted by Crippen LogP contribution is -2.57. The Kier molecular flexibility index (Phi) is 2.80. The van der Waals surface area contributed by atoms with Gasteiger partial charge >= 0.3 is 11.9 Å². The lowest BCUT2D eigenvalue weighted by molar-refractivity contribution is -0.173. The first-order valence-electron chi connectivity index (χ1n) is 6.40. The van der Waals surface area contributed by atoms with E-state index in [0.717, 1.165) is 12.8 Å². The van der Waals surface area contributed by atoms with Crippen molar-refractivity contribution in [3.8, 4) is 0 Å². The molecule has 0 aliphatic heterocycles. The summed E-state index contributed by atoms with van der Waals surface area (Å²) in [4.78, 5) is 23.1. The lowest BCUT2D eigenvalue weighted by atomic mass is 9.46. The van der Waals surface area contributed by atoms with Gasteiger partial charge in [-0.05, 0) is 24.2 Å². The normalized spacial score (nSPS) is 42.2. The highest BCUT2D eigenvalue weighted by molar-refractivity contribution is 5.83. The van der Waals surface area contributed by atoms with Crippen molar-refractivity contribution in [1.29, 1.82) is 0 Å². The number of carbonyl (C=O) groups is 2. The summed E-state index contributed by atoms with van der Waals surface area (Å²) in [6, 6.07) is 0. The summed E-state index contributed by atoms with van der Waals surface area (Å²) >= 11 is 0. The van der Waals surface area contributed by atoms with Gasteiger partial charge in [0.05, 0.1) is 11.8 Å². The maximum Gasteiger partial charge on any atom is 0.308 e. The zero-order valence-electron chi connectivity index (χ0n) is 11.0. The molecule has 0 aromatic carbocycles. The Morgan fingerprint density at radius 1 is 1.11 bits per heavy atom.